The summed E-state index contributed by atoms with van der Waals surface area (Å²) >= 11 is 0. The number of amides is 1. The van der Waals surface area contributed by atoms with Crippen LogP contribution >= 0.6 is 0 Å². The highest BCUT2D eigenvalue weighted by molar-refractivity contribution is 7.91. The molecule has 1 unspecified atom stereocenters. The summed E-state index contributed by atoms with van der Waals surface area (Å²) in [4.78, 5) is 17.4. The van der Waals surface area contributed by atoms with E-state index in [9.17, 15) is 13.2 Å². The smallest absolute Gasteiger partial charge is 0.224 e. The summed E-state index contributed by atoms with van der Waals surface area (Å²) in [6.45, 7) is 0.740. The van der Waals surface area contributed by atoms with Gasteiger partial charge in [-0.2, -0.15) is 5.10 Å². The van der Waals surface area contributed by atoms with Crippen LogP contribution in [0.25, 0.3) is 0 Å². The minimum atomic E-state index is -3.01. The zero-order valence-corrected chi connectivity index (χ0v) is 11.5. The summed E-state index contributed by atoms with van der Waals surface area (Å²) in [7, 11) is -1.36. The predicted molar refractivity (Wildman–Crippen MR) is 67.9 cm³/mol. The molecule has 8 nitrogen and oxygen atoms in total. The second kappa shape index (κ2) is 5.66. The molecule has 1 fully saturated rings. The third kappa shape index (κ3) is 4.00. The number of nitrogens with zero attached hydrogens (tertiary/aromatic N) is 3. The lowest BCUT2D eigenvalue weighted by Gasteiger charge is -2.25. The fraction of sp³-hybridized carbons (Fsp3) is 0.700. The lowest BCUT2D eigenvalue weighted by atomic mass is 10.2. The number of nitrogens with one attached hydrogen (secondary N) is 2. The second-order valence-corrected chi connectivity index (χ2v) is 6.88. The lowest BCUT2D eigenvalue weighted by molar-refractivity contribution is -0.130. The fourth-order valence-corrected chi connectivity index (χ4v) is 3.43. The Bertz CT molecular complexity index is 527. The molecule has 0 saturated carbocycles. The summed E-state index contributed by atoms with van der Waals surface area (Å²) in [6.07, 6.45) is 1.55. The van der Waals surface area contributed by atoms with Gasteiger partial charge in [0, 0.05) is 26.1 Å². The van der Waals surface area contributed by atoms with Crippen molar-refractivity contribution >= 4 is 15.7 Å². The van der Waals surface area contributed by atoms with E-state index in [4.69, 9.17) is 0 Å². The zero-order chi connectivity index (χ0) is 13.9. The summed E-state index contributed by atoms with van der Waals surface area (Å²) in [5, 5.41) is 9.43. The number of aromatic amines is 1. The third-order valence-electron chi connectivity index (χ3n) is 3.00. The van der Waals surface area contributed by atoms with E-state index >= 15 is 0 Å². The number of hydrogen-bond acceptors (Lipinski definition) is 6. The van der Waals surface area contributed by atoms with Gasteiger partial charge in [0.2, 0.25) is 5.91 Å². The first-order chi connectivity index (χ1) is 8.96. The normalized spacial score (nSPS) is 22.1. The van der Waals surface area contributed by atoms with E-state index in [1.165, 1.54) is 11.2 Å². The maximum Gasteiger partial charge on any atom is 0.224 e. The van der Waals surface area contributed by atoms with Crippen molar-refractivity contribution in [2.75, 3.05) is 25.1 Å². The predicted octanol–water partition coefficient (Wildman–Crippen LogP) is -1.46. The molecule has 9 heteroatoms. The number of rotatable bonds is 4. The van der Waals surface area contributed by atoms with Crippen molar-refractivity contribution in [3.63, 3.8) is 0 Å². The Morgan fingerprint density at radius 2 is 2.37 bits per heavy atom. The number of sulfone groups is 1. The quantitative estimate of drug-likeness (QED) is 0.700. The largest absolute Gasteiger partial charge is 0.338 e. The van der Waals surface area contributed by atoms with Gasteiger partial charge < -0.3 is 10.2 Å². The molecule has 0 aliphatic carbocycles. The molecule has 1 amide bonds. The van der Waals surface area contributed by atoms with E-state index in [1.807, 2.05) is 0 Å². The third-order valence-corrected chi connectivity index (χ3v) is 4.74. The van der Waals surface area contributed by atoms with Gasteiger partial charge in [0.25, 0.3) is 0 Å². The van der Waals surface area contributed by atoms with Gasteiger partial charge in [-0.3, -0.25) is 9.89 Å². The Labute approximate surface area is 111 Å². The van der Waals surface area contributed by atoms with Gasteiger partial charge in [0.1, 0.15) is 12.2 Å². The Hall–Kier alpha value is -1.48. The van der Waals surface area contributed by atoms with Crippen LogP contribution in [0.15, 0.2) is 6.33 Å². The van der Waals surface area contributed by atoms with Crippen molar-refractivity contribution in [2.24, 2.45) is 0 Å². The second-order valence-electron chi connectivity index (χ2n) is 4.65. The van der Waals surface area contributed by atoms with Crippen LogP contribution in [0, 0.1) is 0 Å². The SMILES string of the molecule is CN(Cc1ncn[nH]1)C(=O)CC1CS(=O)(=O)CCN1. The average molecular weight is 287 g/mol. The van der Waals surface area contributed by atoms with Crippen LogP contribution in [-0.2, 0) is 21.2 Å². The molecule has 1 aromatic rings. The molecule has 0 bridgehead atoms. The van der Waals surface area contributed by atoms with E-state index in [2.05, 4.69) is 20.5 Å². The van der Waals surface area contributed by atoms with E-state index in [0.717, 1.165) is 0 Å². The molecule has 0 radical (unpaired) electrons. The first-order valence-electron chi connectivity index (χ1n) is 5.98. The number of aromatic nitrogens is 3. The zero-order valence-electron chi connectivity index (χ0n) is 10.7. The van der Waals surface area contributed by atoms with Gasteiger partial charge in [-0.1, -0.05) is 0 Å². The summed E-state index contributed by atoms with van der Waals surface area (Å²) < 4.78 is 23.0. The Kier molecular flexibility index (Phi) is 4.15. The van der Waals surface area contributed by atoms with Gasteiger partial charge in [-0.25, -0.2) is 13.4 Å². The number of carbonyl (C=O) groups excluding carboxylic acids is 1. The molecule has 1 aliphatic heterocycles. The molecule has 2 N–H and O–H groups in total. The fourth-order valence-electron chi connectivity index (χ4n) is 1.98. The van der Waals surface area contributed by atoms with Crippen LogP contribution in [0.2, 0.25) is 0 Å². The number of hydrogen-bond donors (Lipinski definition) is 2. The van der Waals surface area contributed by atoms with Crippen LogP contribution in [0.5, 0.6) is 0 Å². The number of H-pyrrole nitrogens is 1. The van der Waals surface area contributed by atoms with Crippen LogP contribution < -0.4 is 5.32 Å². The van der Waals surface area contributed by atoms with Crippen LogP contribution in [-0.4, -0.2) is 65.5 Å². The first-order valence-corrected chi connectivity index (χ1v) is 7.80. The highest BCUT2D eigenvalue weighted by Crippen LogP contribution is 2.07. The molecule has 2 rings (SSSR count). The monoisotopic (exact) mass is 287 g/mol. The Morgan fingerprint density at radius 1 is 1.58 bits per heavy atom. The molecule has 106 valence electrons. The van der Waals surface area contributed by atoms with Gasteiger partial charge in [-0.15, -0.1) is 0 Å². The van der Waals surface area contributed by atoms with E-state index in [0.29, 0.717) is 18.9 Å². The van der Waals surface area contributed by atoms with E-state index < -0.39 is 9.84 Å². The standard InChI is InChI=1S/C10H17N5O3S/c1-15(5-9-12-7-13-14-9)10(16)4-8-6-19(17,18)3-2-11-8/h7-8,11H,2-6H2,1H3,(H,12,13,14). The topological polar surface area (TPSA) is 108 Å². The first kappa shape index (κ1) is 13.9. The van der Waals surface area contributed by atoms with E-state index in [-0.39, 0.29) is 29.9 Å². The van der Waals surface area contributed by atoms with E-state index in [1.54, 1.807) is 7.05 Å². The van der Waals surface area contributed by atoms with Gasteiger partial charge in [0.15, 0.2) is 9.84 Å². The maximum atomic E-state index is 12.0. The Balaban J connectivity index is 1.86. The maximum absolute atomic E-state index is 12.0. The molecule has 19 heavy (non-hydrogen) atoms. The minimum Gasteiger partial charge on any atom is -0.338 e. The van der Waals surface area contributed by atoms with Crippen molar-refractivity contribution in [1.82, 2.24) is 25.4 Å². The summed E-state index contributed by atoms with van der Waals surface area (Å²) in [5.41, 5.74) is 0. The van der Waals surface area contributed by atoms with Crippen molar-refractivity contribution in [3.05, 3.63) is 12.2 Å². The van der Waals surface area contributed by atoms with Crippen molar-refractivity contribution in [3.8, 4) is 0 Å². The van der Waals surface area contributed by atoms with Crippen molar-refractivity contribution in [2.45, 2.75) is 19.0 Å². The molecule has 0 spiro atoms. The molecular formula is C10H17N5O3S. The molecule has 1 saturated heterocycles. The molecule has 1 aliphatic rings. The van der Waals surface area contributed by atoms with Crippen LogP contribution in [0.4, 0.5) is 0 Å². The van der Waals surface area contributed by atoms with Crippen molar-refractivity contribution in [1.29, 1.82) is 0 Å². The van der Waals surface area contributed by atoms with Crippen LogP contribution in [0.3, 0.4) is 0 Å². The van der Waals surface area contributed by atoms with Crippen LogP contribution in [0.1, 0.15) is 12.2 Å². The minimum absolute atomic E-state index is 0.0227. The average Bonchev–Trinajstić information content (AvgIpc) is 2.80. The highest BCUT2D eigenvalue weighted by Gasteiger charge is 2.27. The van der Waals surface area contributed by atoms with Gasteiger partial charge >= 0.3 is 0 Å². The molecule has 2 heterocycles. The lowest BCUT2D eigenvalue weighted by Crippen LogP contribution is -2.47. The highest BCUT2D eigenvalue weighted by atomic mass is 32.2. The van der Waals surface area contributed by atoms with Gasteiger partial charge in [0.05, 0.1) is 18.1 Å². The van der Waals surface area contributed by atoms with Gasteiger partial charge in [-0.05, 0) is 0 Å². The molecule has 0 aromatic carbocycles. The summed E-state index contributed by atoms with van der Waals surface area (Å²) in [5.74, 6) is 0.645. The Morgan fingerprint density at radius 3 is 3.00 bits per heavy atom. The summed E-state index contributed by atoms with van der Waals surface area (Å²) in [6, 6.07) is -0.302. The molecule has 1 atom stereocenters. The molecule has 1 aromatic heterocycles. The van der Waals surface area contributed by atoms with Crippen molar-refractivity contribution < 1.29 is 13.2 Å². The number of carbonyl (C=O) groups is 1. The molecular weight excluding hydrogens is 270 g/mol.